The third kappa shape index (κ3) is 9.94. The van der Waals surface area contributed by atoms with E-state index < -0.39 is 23.5 Å². The van der Waals surface area contributed by atoms with E-state index in [1.54, 1.807) is 25.3 Å². The second-order valence-electron chi connectivity index (χ2n) is 15.0. The van der Waals surface area contributed by atoms with Gasteiger partial charge in [-0.3, -0.25) is 19.3 Å². The Bertz CT molecular complexity index is 2040. The van der Waals surface area contributed by atoms with E-state index in [1.807, 2.05) is 18.2 Å². The molecule has 1 aliphatic carbocycles. The predicted octanol–water partition coefficient (Wildman–Crippen LogP) is 7.44. The Morgan fingerprint density at radius 1 is 0.893 bits per heavy atom. The highest BCUT2D eigenvalue weighted by Gasteiger charge is 2.33. The molecule has 2 aliphatic rings. The minimum Gasteiger partial charge on any atom is -0.392 e. The van der Waals surface area contributed by atoms with Crippen molar-refractivity contribution in [2.24, 2.45) is 0 Å². The highest BCUT2D eigenvalue weighted by molar-refractivity contribution is 7.17. The molecule has 2 heterocycles. The third-order valence-corrected chi connectivity index (χ3v) is 11.8. The Hall–Kier alpha value is -4.82. The maximum atomic E-state index is 15.3. The first-order valence-corrected chi connectivity index (χ1v) is 19.8. The standard InChI is InChI=1S/C43H48F2N4O6S/c1-43(2)26-48(18-7-21-54-3)19-20-49(43)25-29-8-6-9-31(22-29)39(51)47-41-38(34-10-4-5-11-37(34)56-41)40(52)46-32-23-35(44)33(36(45)24-32)17-14-28-12-15-30(16-13-28)42(53)55-27-50/h6,8-9,12-13,15-16,22-24,27H,4-5,7,10-11,14,17-21,25-26H2,1-3H3,(H,46,52)(H,47,51). The third-order valence-electron chi connectivity index (χ3n) is 10.6. The summed E-state index contributed by atoms with van der Waals surface area (Å²) in [6.07, 6.45) is 4.61. The van der Waals surface area contributed by atoms with E-state index in [4.69, 9.17) is 4.74 Å². The lowest BCUT2D eigenvalue weighted by atomic mass is 9.95. The van der Waals surface area contributed by atoms with E-state index in [0.29, 0.717) is 29.1 Å². The van der Waals surface area contributed by atoms with E-state index in [9.17, 15) is 19.2 Å². The van der Waals surface area contributed by atoms with E-state index >= 15 is 8.78 Å². The van der Waals surface area contributed by atoms with Crippen LogP contribution >= 0.6 is 11.3 Å². The van der Waals surface area contributed by atoms with Crippen molar-refractivity contribution < 1.29 is 37.4 Å². The van der Waals surface area contributed by atoms with Gasteiger partial charge in [0.15, 0.2) is 0 Å². The van der Waals surface area contributed by atoms with Gasteiger partial charge >= 0.3 is 12.4 Å². The van der Waals surface area contributed by atoms with Gasteiger partial charge < -0.3 is 25.0 Å². The van der Waals surface area contributed by atoms with Crippen molar-refractivity contribution in [1.82, 2.24) is 9.80 Å². The van der Waals surface area contributed by atoms with Crippen molar-refractivity contribution in [3.05, 3.63) is 116 Å². The van der Waals surface area contributed by atoms with Gasteiger partial charge in [0.2, 0.25) is 0 Å². The molecule has 2 N–H and O–H groups in total. The number of carbonyl (C=O) groups is 4. The smallest absolute Gasteiger partial charge is 0.345 e. The van der Waals surface area contributed by atoms with Crippen LogP contribution in [0.4, 0.5) is 19.5 Å². The van der Waals surface area contributed by atoms with Gasteiger partial charge in [0.25, 0.3) is 11.8 Å². The van der Waals surface area contributed by atoms with Gasteiger partial charge in [-0.15, -0.1) is 11.3 Å². The lowest BCUT2D eigenvalue weighted by molar-refractivity contribution is -0.123. The molecule has 1 fully saturated rings. The first kappa shape index (κ1) is 40.8. The highest BCUT2D eigenvalue weighted by Crippen LogP contribution is 2.39. The van der Waals surface area contributed by atoms with Gasteiger partial charge in [0.1, 0.15) is 16.6 Å². The summed E-state index contributed by atoms with van der Waals surface area (Å²) < 4.78 is 40.2. The van der Waals surface area contributed by atoms with Crippen molar-refractivity contribution in [1.29, 1.82) is 0 Å². The van der Waals surface area contributed by atoms with Gasteiger partial charge in [-0.05, 0) is 112 Å². The summed E-state index contributed by atoms with van der Waals surface area (Å²) in [5.41, 5.74) is 3.35. The number of rotatable bonds is 15. The number of amides is 2. The van der Waals surface area contributed by atoms with E-state index in [-0.39, 0.29) is 47.6 Å². The number of methoxy groups -OCH3 is 1. The quantitative estimate of drug-likeness (QED) is 0.0553. The van der Waals surface area contributed by atoms with E-state index in [1.165, 1.54) is 23.5 Å². The average Bonchev–Trinajstić information content (AvgIpc) is 3.54. The van der Waals surface area contributed by atoms with Crippen LogP contribution in [0.25, 0.3) is 0 Å². The number of ether oxygens (including phenoxy) is 2. The Morgan fingerprint density at radius 3 is 2.36 bits per heavy atom. The van der Waals surface area contributed by atoms with Crippen molar-refractivity contribution in [2.45, 2.75) is 70.9 Å². The zero-order chi connectivity index (χ0) is 39.8. The molecule has 0 atom stereocenters. The average molecular weight is 787 g/mol. The first-order valence-electron chi connectivity index (χ1n) is 19.0. The zero-order valence-electron chi connectivity index (χ0n) is 32.1. The van der Waals surface area contributed by atoms with Crippen LogP contribution in [0.3, 0.4) is 0 Å². The molecule has 3 aromatic carbocycles. The minimum absolute atomic E-state index is 0.0309. The number of hydrogen-bond donors (Lipinski definition) is 2. The molecular weight excluding hydrogens is 739 g/mol. The second-order valence-corrected chi connectivity index (χ2v) is 16.1. The van der Waals surface area contributed by atoms with Crippen LogP contribution in [0.2, 0.25) is 0 Å². The Morgan fingerprint density at radius 2 is 1.64 bits per heavy atom. The number of esters is 1. The van der Waals surface area contributed by atoms with Crippen LogP contribution in [-0.2, 0) is 46.5 Å². The molecule has 1 aliphatic heterocycles. The van der Waals surface area contributed by atoms with Crippen LogP contribution in [0.15, 0.2) is 60.7 Å². The maximum absolute atomic E-state index is 15.3. The molecular formula is C43H48F2N4O6S. The largest absolute Gasteiger partial charge is 0.392 e. The lowest BCUT2D eigenvalue weighted by Crippen LogP contribution is -2.58. The van der Waals surface area contributed by atoms with Crippen molar-refractivity contribution >= 4 is 46.3 Å². The fourth-order valence-electron chi connectivity index (χ4n) is 7.60. The molecule has 0 spiro atoms. The van der Waals surface area contributed by atoms with E-state index in [2.05, 4.69) is 39.0 Å². The number of nitrogens with zero attached hydrogens (tertiary/aromatic N) is 2. The summed E-state index contributed by atoms with van der Waals surface area (Å²) in [7, 11) is 1.73. The molecule has 296 valence electrons. The summed E-state index contributed by atoms with van der Waals surface area (Å²) in [5.74, 6) is -3.28. The van der Waals surface area contributed by atoms with Gasteiger partial charge in [-0.1, -0.05) is 24.3 Å². The van der Waals surface area contributed by atoms with Gasteiger partial charge in [-0.25, -0.2) is 13.6 Å². The minimum atomic E-state index is -0.806. The van der Waals surface area contributed by atoms with Crippen LogP contribution in [0.5, 0.6) is 0 Å². The molecule has 4 aromatic rings. The predicted molar refractivity (Wildman–Crippen MR) is 212 cm³/mol. The Labute approximate surface area is 330 Å². The Balaban J connectivity index is 1.12. The van der Waals surface area contributed by atoms with Crippen molar-refractivity contribution in [3.8, 4) is 0 Å². The molecule has 0 radical (unpaired) electrons. The number of aryl methyl sites for hydroxylation is 2. The number of anilines is 2. The van der Waals surface area contributed by atoms with Gasteiger partial charge in [0.05, 0.1) is 11.1 Å². The van der Waals surface area contributed by atoms with E-state index in [0.717, 1.165) is 92.2 Å². The fourth-order valence-corrected chi connectivity index (χ4v) is 8.89. The Kier molecular flexibility index (Phi) is 13.4. The summed E-state index contributed by atoms with van der Waals surface area (Å²) in [5, 5.41) is 6.11. The molecule has 2 amide bonds. The lowest BCUT2D eigenvalue weighted by Gasteiger charge is -2.47. The molecule has 0 unspecified atom stereocenters. The first-order chi connectivity index (χ1) is 26.9. The van der Waals surface area contributed by atoms with Gasteiger partial charge in [0, 0.05) is 73.7 Å². The number of benzene rings is 3. The second kappa shape index (κ2) is 18.4. The summed E-state index contributed by atoms with van der Waals surface area (Å²) in [6, 6.07) is 15.9. The van der Waals surface area contributed by atoms with Crippen molar-refractivity contribution in [2.75, 3.05) is 50.5 Å². The molecule has 10 nitrogen and oxygen atoms in total. The van der Waals surface area contributed by atoms with Gasteiger partial charge in [-0.2, -0.15) is 0 Å². The van der Waals surface area contributed by atoms with Crippen LogP contribution in [0, 0.1) is 11.6 Å². The number of fused-ring (bicyclic) bond motifs is 1. The number of thiophene rings is 1. The summed E-state index contributed by atoms with van der Waals surface area (Å²) in [6.45, 7) is 9.81. The molecule has 6 rings (SSSR count). The number of carbonyl (C=O) groups excluding carboxylic acids is 4. The SMILES string of the molecule is COCCCN1CCN(Cc2cccc(C(=O)Nc3sc4c(c3C(=O)Nc3cc(F)c(CCc5ccc(C(=O)OC=O)cc5)c(F)c3)CCCC4)c2)C(C)(C)C1. The maximum Gasteiger partial charge on any atom is 0.345 e. The zero-order valence-corrected chi connectivity index (χ0v) is 32.9. The fraction of sp³-hybridized carbons (Fsp3) is 0.395. The topological polar surface area (TPSA) is 117 Å². The summed E-state index contributed by atoms with van der Waals surface area (Å²) in [4.78, 5) is 55.7. The molecule has 1 aromatic heterocycles. The molecule has 0 bridgehead atoms. The van der Waals surface area contributed by atoms with Crippen LogP contribution in [-0.4, -0.2) is 79.5 Å². The number of hydrogen-bond acceptors (Lipinski definition) is 9. The number of piperazine rings is 1. The monoisotopic (exact) mass is 786 g/mol. The van der Waals surface area contributed by atoms with Crippen LogP contribution in [0.1, 0.15) is 91.3 Å². The molecule has 0 saturated carbocycles. The molecule has 1 saturated heterocycles. The normalized spacial score (nSPS) is 15.5. The number of halogens is 2. The molecule has 56 heavy (non-hydrogen) atoms. The number of nitrogens with one attached hydrogen (secondary N) is 2. The highest BCUT2D eigenvalue weighted by atomic mass is 32.1. The molecule has 13 heteroatoms. The summed E-state index contributed by atoms with van der Waals surface area (Å²) >= 11 is 1.38. The van der Waals surface area contributed by atoms with Crippen LogP contribution < -0.4 is 10.6 Å². The van der Waals surface area contributed by atoms with Crippen molar-refractivity contribution in [3.63, 3.8) is 0 Å².